The SMILES string of the molecule is O=C(COc1ccc2ccc(=O)oc2c1)Nc1ccc(Cl)c(S(=O)(=O)N2CCOCC2)c1. The second-order valence-electron chi connectivity index (χ2n) is 6.95. The van der Waals surface area contributed by atoms with Crippen LogP contribution in [0.5, 0.6) is 5.75 Å². The van der Waals surface area contributed by atoms with Crippen molar-refractivity contribution >= 4 is 44.2 Å². The van der Waals surface area contributed by atoms with Gasteiger partial charge in [0.05, 0.1) is 18.2 Å². The van der Waals surface area contributed by atoms with E-state index < -0.39 is 21.6 Å². The number of nitrogens with one attached hydrogen (secondary N) is 1. The number of carbonyl (C=O) groups excluding carboxylic acids is 1. The topological polar surface area (TPSA) is 115 Å². The molecule has 2 aromatic carbocycles. The van der Waals surface area contributed by atoms with E-state index in [1.54, 1.807) is 18.2 Å². The molecule has 0 atom stereocenters. The van der Waals surface area contributed by atoms with Crippen LogP contribution in [0.15, 0.2) is 62.6 Å². The summed E-state index contributed by atoms with van der Waals surface area (Å²) in [5.41, 5.74) is 0.114. The number of halogens is 1. The highest BCUT2D eigenvalue weighted by atomic mass is 35.5. The Labute approximate surface area is 188 Å². The summed E-state index contributed by atoms with van der Waals surface area (Å²) in [7, 11) is -3.83. The maximum atomic E-state index is 12.9. The zero-order chi connectivity index (χ0) is 22.7. The van der Waals surface area contributed by atoms with Gasteiger partial charge in [-0.1, -0.05) is 11.6 Å². The zero-order valence-electron chi connectivity index (χ0n) is 16.7. The van der Waals surface area contributed by atoms with Crippen molar-refractivity contribution in [3.8, 4) is 5.75 Å². The van der Waals surface area contributed by atoms with Crippen molar-refractivity contribution in [1.29, 1.82) is 0 Å². The van der Waals surface area contributed by atoms with Gasteiger partial charge in [-0.15, -0.1) is 0 Å². The van der Waals surface area contributed by atoms with E-state index in [-0.39, 0.29) is 35.3 Å². The van der Waals surface area contributed by atoms with Crippen molar-refractivity contribution in [2.75, 3.05) is 38.2 Å². The van der Waals surface area contributed by atoms with Gasteiger partial charge in [0.2, 0.25) is 10.0 Å². The van der Waals surface area contributed by atoms with E-state index in [4.69, 9.17) is 25.5 Å². The van der Waals surface area contributed by atoms with Crippen LogP contribution in [-0.4, -0.2) is 51.5 Å². The summed E-state index contributed by atoms with van der Waals surface area (Å²) in [4.78, 5) is 23.6. The number of carbonyl (C=O) groups is 1. The summed E-state index contributed by atoms with van der Waals surface area (Å²) in [6.07, 6.45) is 0. The molecule has 3 aromatic rings. The summed E-state index contributed by atoms with van der Waals surface area (Å²) in [6.45, 7) is 0.742. The third-order valence-corrected chi connectivity index (χ3v) is 7.15. The average Bonchev–Trinajstić information content (AvgIpc) is 2.79. The monoisotopic (exact) mass is 478 g/mol. The van der Waals surface area contributed by atoms with Crippen LogP contribution in [0.4, 0.5) is 5.69 Å². The number of anilines is 1. The second-order valence-corrected chi connectivity index (χ2v) is 9.27. The molecule has 1 N–H and O–H groups in total. The van der Waals surface area contributed by atoms with Gasteiger partial charge in [0.1, 0.15) is 16.2 Å². The van der Waals surface area contributed by atoms with E-state index in [0.717, 1.165) is 5.39 Å². The molecule has 168 valence electrons. The number of fused-ring (bicyclic) bond motifs is 1. The lowest BCUT2D eigenvalue weighted by atomic mass is 10.2. The molecular weight excluding hydrogens is 460 g/mol. The minimum atomic E-state index is -3.83. The standard InChI is InChI=1S/C21H19ClN2O7S/c22-17-5-3-15(11-19(17)32(27,28)24-7-9-29-10-8-24)23-20(25)13-30-16-4-1-14-2-6-21(26)31-18(14)12-16/h1-6,11-12H,7-10,13H2,(H,23,25). The molecule has 1 saturated heterocycles. The first-order valence-corrected chi connectivity index (χ1v) is 11.5. The Morgan fingerprint density at radius 3 is 2.62 bits per heavy atom. The summed E-state index contributed by atoms with van der Waals surface area (Å²) < 4.78 is 42.9. The van der Waals surface area contributed by atoms with Crippen molar-refractivity contribution in [3.63, 3.8) is 0 Å². The minimum absolute atomic E-state index is 0.0587. The molecule has 11 heteroatoms. The van der Waals surface area contributed by atoms with E-state index in [1.807, 2.05) is 0 Å². The predicted molar refractivity (Wildman–Crippen MR) is 118 cm³/mol. The number of nitrogens with zero attached hydrogens (tertiary/aromatic N) is 1. The third kappa shape index (κ3) is 4.94. The van der Waals surface area contributed by atoms with Crippen molar-refractivity contribution in [3.05, 3.63) is 64.0 Å². The first kappa shape index (κ1) is 22.3. The lowest BCUT2D eigenvalue weighted by Gasteiger charge is -2.26. The van der Waals surface area contributed by atoms with Gasteiger partial charge in [-0.25, -0.2) is 13.2 Å². The van der Waals surface area contributed by atoms with Gasteiger partial charge < -0.3 is 19.2 Å². The van der Waals surface area contributed by atoms with E-state index in [9.17, 15) is 18.0 Å². The third-order valence-electron chi connectivity index (χ3n) is 4.77. The number of rotatable bonds is 6. The highest BCUT2D eigenvalue weighted by Crippen LogP contribution is 2.28. The molecule has 1 aliphatic heterocycles. The molecule has 1 aromatic heterocycles. The number of benzene rings is 2. The number of hydrogen-bond donors (Lipinski definition) is 1. The maximum absolute atomic E-state index is 12.9. The van der Waals surface area contributed by atoms with Gasteiger partial charge in [0.25, 0.3) is 5.91 Å². The van der Waals surface area contributed by atoms with Gasteiger partial charge in [-0.2, -0.15) is 4.31 Å². The fourth-order valence-corrected chi connectivity index (χ4v) is 5.09. The van der Waals surface area contributed by atoms with Crippen LogP contribution in [-0.2, 0) is 19.6 Å². The average molecular weight is 479 g/mol. The quantitative estimate of drug-likeness (QED) is 0.541. The Kier molecular flexibility index (Phi) is 6.47. The first-order valence-electron chi connectivity index (χ1n) is 9.67. The number of morpholine rings is 1. The van der Waals surface area contributed by atoms with Crippen molar-refractivity contribution in [2.24, 2.45) is 0 Å². The van der Waals surface area contributed by atoms with Crippen LogP contribution in [0.1, 0.15) is 0 Å². The fraction of sp³-hybridized carbons (Fsp3) is 0.238. The molecule has 4 rings (SSSR count). The Morgan fingerprint density at radius 1 is 1.09 bits per heavy atom. The van der Waals surface area contributed by atoms with Gasteiger partial charge in [-0.3, -0.25) is 4.79 Å². The van der Waals surface area contributed by atoms with Crippen LogP contribution in [0.2, 0.25) is 5.02 Å². The Morgan fingerprint density at radius 2 is 1.84 bits per heavy atom. The van der Waals surface area contributed by atoms with Crippen LogP contribution in [0.3, 0.4) is 0 Å². The highest BCUT2D eigenvalue weighted by molar-refractivity contribution is 7.89. The molecule has 0 bridgehead atoms. The molecule has 0 saturated carbocycles. The highest BCUT2D eigenvalue weighted by Gasteiger charge is 2.28. The lowest BCUT2D eigenvalue weighted by molar-refractivity contribution is -0.118. The van der Waals surface area contributed by atoms with E-state index in [1.165, 1.54) is 34.6 Å². The molecule has 0 radical (unpaired) electrons. The van der Waals surface area contributed by atoms with E-state index >= 15 is 0 Å². The summed E-state index contributed by atoms with van der Waals surface area (Å²) >= 11 is 6.13. The van der Waals surface area contributed by atoms with Crippen LogP contribution >= 0.6 is 11.6 Å². The smallest absolute Gasteiger partial charge is 0.336 e. The van der Waals surface area contributed by atoms with Gasteiger partial charge in [0.15, 0.2) is 6.61 Å². The number of hydrogen-bond acceptors (Lipinski definition) is 7. The van der Waals surface area contributed by atoms with Crippen LogP contribution in [0.25, 0.3) is 11.0 Å². The first-order chi connectivity index (χ1) is 15.3. The van der Waals surface area contributed by atoms with E-state index in [2.05, 4.69) is 5.32 Å². The summed E-state index contributed by atoms with van der Waals surface area (Å²) in [5.74, 6) is -0.162. The molecule has 0 unspecified atom stereocenters. The fourth-order valence-electron chi connectivity index (χ4n) is 3.18. The Hall–Kier alpha value is -2.92. The van der Waals surface area contributed by atoms with Gasteiger partial charge in [0, 0.05) is 36.3 Å². The Balaban J connectivity index is 1.44. The second kappa shape index (κ2) is 9.29. The summed E-state index contributed by atoms with van der Waals surface area (Å²) in [5, 5.41) is 3.38. The number of sulfonamides is 1. The van der Waals surface area contributed by atoms with Crippen molar-refractivity contribution < 1.29 is 27.1 Å². The van der Waals surface area contributed by atoms with Crippen LogP contribution in [0, 0.1) is 0 Å². The number of amides is 1. The van der Waals surface area contributed by atoms with Gasteiger partial charge >= 0.3 is 5.63 Å². The predicted octanol–water partition coefficient (Wildman–Crippen LogP) is 2.48. The largest absolute Gasteiger partial charge is 0.484 e. The minimum Gasteiger partial charge on any atom is -0.484 e. The normalized spacial score (nSPS) is 14.9. The molecular formula is C21H19ClN2O7S. The number of ether oxygens (including phenoxy) is 2. The Bertz CT molecular complexity index is 1320. The maximum Gasteiger partial charge on any atom is 0.336 e. The molecule has 32 heavy (non-hydrogen) atoms. The van der Waals surface area contributed by atoms with Crippen molar-refractivity contribution in [1.82, 2.24) is 4.31 Å². The molecule has 1 aliphatic rings. The van der Waals surface area contributed by atoms with Crippen LogP contribution < -0.4 is 15.7 Å². The molecule has 0 spiro atoms. The zero-order valence-corrected chi connectivity index (χ0v) is 18.3. The molecule has 1 fully saturated rings. The summed E-state index contributed by atoms with van der Waals surface area (Å²) in [6, 6.07) is 12.0. The molecule has 1 amide bonds. The van der Waals surface area contributed by atoms with E-state index in [0.29, 0.717) is 24.5 Å². The lowest BCUT2D eigenvalue weighted by Crippen LogP contribution is -2.40. The molecule has 0 aliphatic carbocycles. The molecule has 2 heterocycles. The van der Waals surface area contributed by atoms with Gasteiger partial charge in [-0.05, 0) is 36.4 Å². The molecule has 9 nitrogen and oxygen atoms in total. The van der Waals surface area contributed by atoms with Crippen molar-refractivity contribution in [2.45, 2.75) is 4.90 Å².